The molecule has 0 aromatic carbocycles. The standard InChI is InChI=1S/C16H23N5/c1-12(2)20-6-4-13(9-20)10-21-11-19-8-16(21)14-7-18-5-3-15(14)17/h3,5,7-8,11-13H,4,6,9-10H2,1-2H3,(H2,17,18). The molecule has 112 valence electrons. The zero-order valence-electron chi connectivity index (χ0n) is 12.7. The van der Waals surface area contributed by atoms with Crippen molar-refractivity contribution >= 4 is 5.69 Å². The van der Waals surface area contributed by atoms with Crippen LogP contribution >= 0.6 is 0 Å². The van der Waals surface area contributed by atoms with Gasteiger partial charge in [0.25, 0.3) is 0 Å². The van der Waals surface area contributed by atoms with E-state index in [1.165, 1.54) is 13.0 Å². The van der Waals surface area contributed by atoms with Crippen LogP contribution in [0.4, 0.5) is 5.69 Å². The molecule has 21 heavy (non-hydrogen) atoms. The quantitative estimate of drug-likeness (QED) is 0.936. The predicted octanol–water partition coefficient (Wildman–Crippen LogP) is 2.26. The Morgan fingerprint density at radius 1 is 1.33 bits per heavy atom. The summed E-state index contributed by atoms with van der Waals surface area (Å²) in [4.78, 5) is 11.0. The topological polar surface area (TPSA) is 60.0 Å². The number of nitrogen functional groups attached to an aromatic ring is 1. The maximum atomic E-state index is 6.06. The van der Waals surface area contributed by atoms with Gasteiger partial charge in [0, 0.05) is 42.8 Å². The fraction of sp³-hybridized carbons (Fsp3) is 0.500. The van der Waals surface area contributed by atoms with E-state index in [0.717, 1.165) is 30.0 Å². The van der Waals surface area contributed by atoms with Crippen LogP contribution in [0.15, 0.2) is 31.0 Å². The number of anilines is 1. The van der Waals surface area contributed by atoms with Gasteiger partial charge in [-0.25, -0.2) is 4.98 Å². The summed E-state index contributed by atoms with van der Waals surface area (Å²) in [6.07, 6.45) is 8.57. The summed E-state index contributed by atoms with van der Waals surface area (Å²) in [5, 5.41) is 0. The summed E-state index contributed by atoms with van der Waals surface area (Å²) >= 11 is 0. The van der Waals surface area contributed by atoms with Crippen LogP contribution in [0.25, 0.3) is 11.3 Å². The van der Waals surface area contributed by atoms with E-state index in [4.69, 9.17) is 5.73 Å². The van der Waals surface area contributed by atoms with Crippen molar-refractivity contribution in [3.05, 3.63) is 31.0 Å². The highest BCUT2D eigenvalue weighted by Crippen LogP contribution is 2.27. The molecule has 0 spiro atoms. The summed E-state index contributed by atoms with van der Waals surface area (Å²) < 4.78 is 2.21. The van der Waals surface area contributed by atoms with Crippen molar-refractivity contribution in [3.8, 4) is 11.3 Å². The van der Waals surface area contributed by atoms with Crippen molar-refractivity contribution in [2.75, 3.05) is 18.8 Å². The molecule has 1 aliphatic heterocycles. The Hall–Kier alpha value is -1.88. The number of nitrogens with two attached hydrogens (primary N) is 1. The van der Waals surface area contributed by atoms with E-state index in [1.54, 1.807) is 6.20 Å². The Kier molecular flexibility index (Phi) is 3.92. The Labute approximate surface area is 125 Å². The lowest BCUT2D eigenvalue weighted by Crippen LogP contribution is -2.28. The lowest BCUT2D eigenvalue weighted by Gasteiger charge is -2.20. The first-order chi connectivity index (χ1) is 10.1. The summed E-state index contributed by atoms with van der Waals surface area (Å²) in [6.45, 7) is 7.88. The van der Waals surface area contributed by atoms with Crippen LogP contribution in [0.1, 0.15) is 20.3 Å². The van der Waals surface area contributed by atoms with Crippen LogP contribution in [0.5, 0.6) is 0 Å². The minimum Gasteiger partial charge on any atom is -0.398 e. The maximum Gasteiger partial charge on any atom is 0.0951 e. The Balaban J connectivity index is 1.77. The zero-order valence-corrected chi connectivity index (χ0v) is 12.7. The van der Waals surface area contributed by atoms with E-state index in [1.807, 2.05) is 24.8 Å². The second kappa shape index (κ2) is 5.85. The van der Waals surface area contributed by atoms with Crippen molar-refractivity contribution in [1.82, 2.24) is 19.4 Å². The highest BCUT2D eigenvalue weighted by Gasteiger charge is 2.25. The number of hydrogen-bond donors (Lipinski definition) is 1. The van der Waals surface area contributed by atoms with Crippen molar-refractivity contribution in [3.63, 3.8) is 0 Å². The Bertz CT molecular complexity index is 604. The maximum absolute atomic E-state index is 6.06. The second-order valence-electron chi connectivity index (χ2n) is 6.14. The first kappa shape index (κ1) is 14.1. The van der Waals surface area contributed by atoms with E-state index < -0.39 is 0 Å². The van der Waals surface area contributed by atoms with Crippen molar-refractivity contribution in [1.29, 1.82) is 0 Å². The molecule has 2 aromatic rings. The number of likely N-dealkylation sites (tertiary alicyclic amines) is 1. The average Bonchev–Trinajstić information content (AvgIpc) is 3.09. The molecule has 1 atom stereocenters. The van der Waals surface area contributed by atoms with Gasteiger partial charge in [-0.3, -0.25) is 4.98 Å². The van der Waals surface area contributed by atoms with Gasteiger partial charge in [0.05, 0.1) is 18.2 Å². The van der Waals surface area contributed by atoms with Crippen LogP contribution in [0, 0.1) is 5.92 Å². The fourth-order valence-electron chi connectivity index (χ4n) is 3.07. The van der Waals surface area contributed by atoms with Gasteiger partial charge in [-0.1, -0.05) is 0 Å². The number of aromatic nitrogens is 3. The number of rotatable bonds is 4. The van der Waals surface area contributed by atoms with E-state index >= 15 is 0 Å². The molecule has 5 heteroatoms. The van der Waals surface area contributed by atoms with Gasteiger partial charge in [-0.2, -0.15) is 0 Å². The molecule has 0 aliphatic carbocycles. The molecule has 5 nitrogen and oxygen atoms in total. The normalized spacial score (nSPS) is 19.5. The zero-order chi connectivity index (χ0) is 14.8. The fourth-order valence-corrected chi connectivity index (χ4v) is 3.07. The van der Waals surface area contributed by atoms with Gasteiger partial charge in [0.2, 0.25) is 0 Å². The molecule has 0 saturated carbocycles. The minimum atomic E-state index is 0.631. The van der Waals surface area contributed by atoms with Crippen LogP contribution in [0.2, 0.25) is 0 Å². The molecule has 2 N–H and O–H groups in total. The molecule has 3 heterocycles. The SMILES string of the molecule is CC(C)N1CCC(Cn2cncc2-c2cnccc2N)C1. The third kappa shape index (κ3) is 2.93. The summed E-state index contributed by atoms with van der Waals surface area (Å²) in [5.74, 6) is 0.679. The molecule has 1 aliphatic rings. The minimum absolute atomic E-state index is 0.631. The third-order valence-corrected chi connectivity index (χ3v) is 4.35. The smallest absolute Gasteiger partial charge is 0.0951 e. The van der Waals surface area contributed by atoms with E-state index in [-0.39, 0.29) is 0 Å². The van der Waals surface area contributed by atoms with Crippen LogP contribution < -0.4 is 5.73 Å². The third-order valence-electron chi connectivity index (χ3n) is 4.35. The Morgan fingerprint density at radius 3 is 2.90 bits per heavy atom. The van der Waals surface area contributed by atoms with Crippen molar-refractivity contribution in [2.24, 2.45) is 5.92 Å². The highest BCUT2D eigenvalue weighted by molar-refractivity contribution is 5.72. The lowest BCUT2D eigenvalue weighted by molar-refractivity contribution is 0.261. The summed E-state index contributed by atoms with van der Waals surface area (Å²) in [6, 6.07) is 2.47. The molecule has 0 amide bonds. The van der Waals surface area contributed by atoms with Gasteiger partial charge in [0.1, 0.15) is 0 Å². The van der Waals surface area contributed by atoms with Gasteiger partial charge >= 0.3 is 0 Å². The second-order valence-corrected chi connectivity index (χ2v) is 6.14. The van der Waals surface area contributed by atoms with E-state index in [0.29, 0.717) is 12.0 Å². The molecular formula is C16H23N5. The molecule has 0 radical (unpaired) electrons. The highest BCUT2D eigenvalue weighted by atomic mass is 15.2. The van der Waals surface area contributed by atoms with E-state index in [2.05, 4.69) is 33.3 Å². The number of hydrogen-bond acceptors (Lipinski definition) is 4. The van der Waals surface area contributed by atoms with Crippen LogP contribution in [-0.2, 0) is 6.54 Å². The van der Waals surface area contributed by atoms with Gasteiger partial charge in [-0.05, 0) is 38.8 Å². The summed E-state index contributed by atoms with van der Waals surface area (Å²) in [7, 11) is 0. The average molecular weight is 285 g/mol. The van der Waals surface area contributed by atoms with Gasteiger partial charge in [-0.15, -0.1) is 0 Å². The first-order valence-corrected chi connectivity index (χ1v) is 7.59. The molecule has 2 aromatic heterocycles. The van der Waals surface area contributed by atoms with Crippen LogP contribution in [-0.4, -0.2) is 38.6 Å². The van der Waals surface area contributed by atoms with Gasteiger partial charge in [0.15, 0.2) is 0 Å². The lowest BCUT2D eigenvalue weighted by atomic mass is 10.1. The predicted molar refractivity (Wildman–Crippen MR) is 84.7 cm³/mol. The molecule has 1 fully saturated rings. The monoisotopic (exact) mass is 285 g/mol. The van der Waals surface area contributed by atoms with Gasteiger partial charge < -0.3 is 15.2 Å². The number of imidazole rings is 1. The molecule has 1 unspecified atom stereocenters. The number of nitrogens with zero attached hydrogens (tertiary/aromatic N) is 4. The van der Waals surface area contributed by atoms with Crippen molar-refractivity contribution < 1.29 is 0 Å². The largest absolute Gasteiger partial charge is 0.398 e. The summed E-state index contributed by atoms with van der Waals surface area (Å²) in [5.41, 5.74) is 8.84. The number of pyridine rings is 1. The molecule has 0 bridgehead atoms. The first-order valence-electron chi connectivity index (χ1n) is 7.59. The van der Waals surface area contributed by atoms with Crippen molar-refractivity contribution in [2.45, 2.75) is 32.9 Å². The molecule has 3 rings (SSSR count). The molecule has 1 saturated heterocycles. The van der Waals surface area contributed by atoms with E-state index in [9.17, 15) is 0 Å². The molecular weight excluding hydrogens is 262 g/mol. The van der Waals surface area contributed by atoms with Crippen LogP contribution in [0.3, 0.4) is 0 Å². The Morgan fingerprint density at radius 2 is 2.19 bits per heavy atom.